The maximum absolute atomic E-state index is 12.1. The van der Waals surface area contributed by atoms with Crippen LogP contribution < -0.4 is 4.87 Å². The summed E-state index contributed by atoms with van der Waals surface area (Å²) in [6, 6.07) is 0. The highest BCUT2D eigenvalue weighted by Crippen LogP contribution is 2.24. The molecular weight excluding hydrogens is 274 g/mol. The van der Waals surface area contributed by atoms with Crippen molar-refractivity contribution in [3.63, 3.8) is 0 Å². The summed E-state index contributed by atoms with van der Waals surface area (Å²) in [5.41, 5.74) is 1.01. The second-order valence-corrected chi connectivity index (χ2v) is 7.34. The topological polar surface area (TPSA) is 60.9 Å². The van der Waals surface area contributed by atoms with E-state index in [4.69, 9.17) is 4.52 Å². The van der Waals surface area contributed by atoms with E-state index in [1.807, 2.05) is 25.3 Å². The quantitative estimate of drug-likeness (QED) is 0.853. The third kappa shape index (κ3) is 2.44. The van der Waals surface area contributed by atoms with Crippen LogP contribution in [0.3, 0.4) is 0 Å². The largest absolute Gasteiger partial charge is 0.339 e. The molecule has 0 bridgehead atoms. The van der Waals surface area contributed by atoms with Gasteiger partial charge in [0, 0.05) is 16.0 Å². The Morgan fingerprint density at radius 3 is 2.75 bits per heavy atom. The highest BCUT2D eigenvalue weighted by atomic mass is 32.1. The fraction of sp³-hybridized carbons (Fsp3) is 0.643. The highest BCUT2D eigenvalue weighted by molar-refractivity contribution is 7.09. The first kappa shape index (κ1) is 13.5. The molecule has 2 heterocycles. The van der Waals surface area contributed by atoms with Crippen LogP contribution in [0.1, 0.15) is 55.9 Å². The molecule has 0 N–H and O–H groups in total. The van der Waals surface area contributed by atoms with Crippen LogP contribution in [-0.2, 0) is 24.8 Å². The van der Waals surface area contributed by atoms with Crippen molar-refractivity contribution in [2.45, 2.75) is 58.4 Å². The molecular formula is C14H19N3O2S. The van der Waals surface area contributed by atoms with Crippen molar-refractivity contribution < 1.29 is 4.52 Å². The number of hydrogen-bond donors (Lipinski definition) is 0. The zero-order valence-electron chi connectivity index (χ0n) is 12.1. The molecule has 6 heteroatoms. The van der Waals surface area contributed by atoms with Gasteiger partial charge in [-0.05, 0) is 25.7 Å². The number of aromatic nitrogens is 3. The number of rotatable bonds is 2. The van der Waals surface area contributed by atoms with Crippen LogP contribution in [0, 0.1) is 0 Å². The molecule has 0 amide bonds. The Hall–Kier alpha value is -1.43. The van der Waals surface area contributed by atoms with Crippen molar-refractivity contribution >= 4 is 11.3 Å². The van der Waals surface area contributed by atoms with Crippen LogP contribution in [0.5, 0.6) is 0 Å². The molecule has 2 aromatic rings. The normalized spacial score (nSPS) is 15.3. The Labute approximate surface area is 121 Å². The maximum Gasteiger partial charge on any atom is 0.307 e. The average molecular weight is 293 g/mol. The number of hydrogen-bond acceptors (Lipinski definition) is 5. The van der Waals surface area contributed by atoms with Gasteiger partial charge in [0.15, 0.2) is 5.82 Å². The number of fused-ring (bicyclic) bond motifs is 1. The Balaban J connectivity index is 1.90. The molecule has 0 radical (unpaired) electrons. The third-order valence-electron chi connectivity index (χ3n) is 3.56. The standard InChI is InChI=1S/C14H19N3O2S/c1-14(2,3)12-15-11(16-19-12)8-17-9-6-4-5-7-10(9)20-13(17)18/h4-8H2,1-3H3. The van der Waals surface area contributed by atoms with Gasteiger partial charge in [-0.25, -0.2) is 0 Å². The van der Waals surface area contributed by atoms with Crippen LogP contribution in [-0.4, -0.2) is 14.7 Å². The molecule has 0 aliphatic heterocycles. The summed E-state index contributed by atoms with van der Waals surface area (Å²) in [7, 11) is 0. The van der Waals surface area contributed by atoms with E-state index in [0.717, 1.165) is 19.3 Å². The van der Waals surface area contributed by atoms with E-state index in [1.54, 1.807) is 0 Å². The van der Waals surface area contributed by atoms with E-state index >= 15 is 0 Å². The second-order valence-electron chi connectivity index (χ2n) is 6.30. The molecule has 2 aromatic heterocycles. The molecule has 5 nitrogen and oxygen atoms in total. The minimum atomic E-state index is -0.162. The zero-order valence-corrected chi connectivity index (χ0v) is 12.9. The molecule has 20 heavy (non-hydrogen) atoms. The van der Waals surface area contributed by atoms with E-state index in [2.05, 4.69) is 10.1 Å². The monoisotopic (exact) mass is 293 g/mol. The van der Waals surface area contributed by atoms with Crippen molar-refractivity contribution in [3.05, 3.63) is 32.0 Å². The van der Waals surface area contributed by atoms with Gasteiger partial charge < -0.3 is 4.52 Å². The van der Waals surface area contributed by atoms with E-state index < -0.39 is 0 Å². The fourth-order valence-electron chi connectivity index (χ4n) is 2.45. The molecule has 108 valence electrons. The minimum absolute atomic E-state index is 0.0963. The lowest BCUT2D eigenvalue weighted by atomic mass is 9.97. The first-order valence-corrected chi connectivity index (χ1v) is 7.81. The molecule has 0 aromatic carbocycles. The molecule has 0 saturated carbocycles. The van der Waals surface area contributed by atoms with Crippen LogP contribution in [0.15, 0.2) is 9.32 Å². The predicted octanol–water partition coefficient (Wildman–Crippen LogP) is 2.52. The Morgan fingerprint density at radius 2 is 2.05 bits per heavy atom. The first-order valence-electron chi connectivity index (χ1n) is 6.99. The van der Waals surface area contributed by atoms with Crippen LogP contribution in [0.4, 0.5) is 0 Å². The van der Waals surface area contributed by atoms with Gasteiger partial charge in [-0.3, -0.25) is 9.36 Å². The molecule has 1 aliphatic rings. The summed E-state index contributed by atoms with van der Waals surface area (Å²) in [6.07, 6.45) is 4.35. The van der Waals surface area contributed by atoms with Crippen LogP contribution in [0.25, 0.3) is 0 Å². The lowest BCUT2D eigenvalue weighted by Gasteiger charge is -2.12. The summed E-state index contributed by atoms with van der Waals surface area (Å²) >= 11 is 1.37. The smallest absolute Gasteiger partial charge is 0.307 e. The first-order chi connectivity index (χ1) is 9.45. The van der Waals surface area contributed by atoms with Crippen molar-refractivity contribution in [2.75, 3.05) is 0 Å². The fourth-order valence-corrected chi connectivity index (χ4v) is 3.52. The average Bonchev–Trinajstić information content (AvgIpc) is 2.95. The molecule has 0 unspecified atom stereocenters. The maximum atomic E-state index is 12.1. The van der Waals surface area contributed by atoms with Gasteiger partial charge in [0.05, 0.1) is 6.54 Å². The number of aryl methyl sites for hydroxylation is 1. The van der Waals surface area contributed by atoms with Crippen molar-refractivity contribution in [1.29, 1.82) is 0 Å². The lowest BCUT2D eigenvalue weighted by molar-refractivity contribution is 0.317. The molecule has 0 spiro atoms. The van der Waals surface area contributed by atoms with Crippen molar-refractivity contribution in [2.24, 2.45) is 0 Å². The Kier molecular flexibility index (Phi) is 3.28. The van der Waals surface area contributed by atoms with Gasteiger partial charge in [0.2, 0.25) is 5.89 Å². The minimum Gasteiger partial charge on any atom is -0.339 e. The Morgan fingerprint density at radius 1 is 1.30 bits per heavy atom. The second kappa shape index (κ2) is 4.84. The van der Waals surface area contributed by atoms with Crippen LogP contribution >= 0.6 is 11.3 Å². The molecule has 0 fully saturated rings. The van der Waals surface area contributed by atoms with Crippen LogP contribution in [0.2, 0.25) is 0 Å². The molecule has 3 rings (SSSR count). The van der Waals surface area contributed by atoms with Crippen molar-refractivity contribution in [3.8, 4) is 0 Å². The molecule has 1 aliphatic carbocycles. The Bertz CT molecular complexity index is 675. The van der Waals surface area contributed by atoms with E-state index in [0.29, 0.717) is 18.3 Å². The van der Waals surface area contributed by atoms with Gasteiger partial charge in [0.25, 0.3) is 0 Å². The number of thiazole rings is 1. The summed E-state index contributed by atoms with van der Waals surface area (Å²) in [6.45, 7) is 6.51. The summed E-state index contributed by atoms with van der Waals surface area (Å²) < 4.78 is 7.10. The number of nitrogens with zero attached hydrogens (tertiary/aromatic N) is 3. The molecule has 0 atom stereocenters. The summed E-state index contributed by atoms with van der Waals surface area (Å²) in [5.74, 6) is 1.20. The van der Waals surface area contributed by atoms with Gasteiger partial charge in [-0.15, -0.1) is 0 Å². The zero-order chi connectivity index (χ0) is 14.3. The predicted molar refractivity (Wildman–Crippen MR) is 77.3 cm³/mol. The third-order valence-corrected chi connectivity index (χ3v) is 4.64. The van der Waals surface area contributed by atoms with Gasteiger partial charge in [-0.2, -0.15) is 4.98 Å². The van der Waals surface area contributed by atoms with Gasteiger partial charge >= 0.3 is 4.87 Å². The summed E-state index contributed by atoms with van der Waals surface area (Å²) in [4.78, 5) is 17.9. The van der Waals surface area contributed by atoms with Gasteiger partial charge in [-0.1, -0.05) is 37.3 Å². The summed E-state index contributed by atoms with van der Waals surface area (Å²) in [5, 5.41) is 4.01. The molecule has 0 saturated heterocycles. The van der Waals surface area contributed by atoms with Crippen molar-refractivity contribution in [1.82, 2.24) is 14.7 Å². The van der Waals surface area contributed by atoms with E-state index in [1.165, 1.54) is 28.3 Å². The van der Waals surface area contributed by atoms with E-state index in [-0.39, 0.29) is 10.3 Å². The van der Waals surface area contributed by atoms with Gasteiger partial charge in [0.1, 0.15) is 0 Å². The van der Waals surface area contributed by atoms with E-state index in [9.17, 15) is 4.79 Å². The SMILES string of the molecule is CC(C)(C)c1nc(Cn2c3c(sc2=O)CCCC3)no1. The highest BCUT2D eigenvalue weighted by Gasteiger charge is 2.23. The lowest BCUT2D eigenvalue weighted by Crippen LogP contribution is -2.19.